The first-order valence-corrected chi connectivity index (χ1v) is 6.18. The molecule has 1 rings (SSSR count). The van der Waals surface area contributed by atoms with Gasteiger partial charge in [0.05, 0.1) is 13.2 Å². The van der Waals surface area contributed by atoms with E-state index in [2.05, 4.69) is 0 Å². The van der Waals surface area contributed by atoms with Crippen LogP contribution in [0.25, 0.3) is 0 Å². The molecule has 1 heterocycles. The first-order valence-electron chi connectivity index (χ1n) is 6.18. The third kappa shape index (κ3) is 4.83. The van der Waals surface area contributed by atoms with E-state index < -0.39 is 5.97 Å². The van der Waals surface area contributed by atoms with Crippen LogP contribution in [0.1, 0.15) is 20.3 Å². The van der Waals surface area contributed by atoms with Gasteiger partial charge in [0.2, 0.25) is 5.91 Å². The lowest BCUT2D eigenvalue weighted by atomic mass is 10.2. The van der Waals surface area contributed by atoms with Crippen LogP contribution < -0.4 is 0 Å². The van der Waals surface area contributed by atoms with Crippen molar-refractivity contribution >= 4 is 17.7 Å². The Hall–Kier alpha value is -1.43. The molecule has 1 saturated heterocycles. The van der Waals surface area contributed by atoms with E-state index in [-0.39, 0.29) is 24.7 Å². The quantitative estimate of drug-likeness (QED) is 0.498. The summed E-state index contributed by atoms with van der Waals surface area (Å²) in [6.07, 6.45) is -0.166. The van der Waals surface area contributed by atoms with Crippen molar-refractivity contribution in [3.05, 3.63) is 0 Å². The molecular formula is C12H20N2O4. The summed E-state index contributed by atoms with van der Waals surface area (Å²) in [5, 5.41) is 0. The number of carbonyl (C=O) groups excluding carboxylic acids is 3. The summed E-state index contributed by atoms with van der Waals surface area (Å²) < 4.78 is 4.72. The highest BCUT2D eigenvalue weighted by Crippen LogP contribution is 2.02. The minimum Gasteiger partial charge on any atom is -0.466 e. The second kappa shape index (κ2) is 7.10. The highest BCUT2D eigenvalue weighted by atomic mass is 16.5. The second-order valence-corrected chi connectivity index (χ2v) is 4.30. The highest BCUT2D eigenvalue weighted by molar-refractivity contribution is 5.96. The molecule has 0 bridgehead atoms. The zero-order valence-electron chi connectivity index (χ0n) is 11.0. The van der Waals surface area contributed by atoms with Crippen molar-refractivity contribution in [2.45, 2.75) is 20.3 Å². The summed E-state index contributed by atoms with van der Waals surface area (Å²) in [5.41, 5.74) is 0. The largest absolute Gasteiger partial charge is 0.466 e. The fraction of sp³-hybridized carbons (Fsp3) is 0.750. The first kappa shape index (κ1) is 14.6. The van der Waals surface area contributed by atoms with Crippen LogP contribution >= 0.6 is 0 Å². The number of hydrogen-bond donors (Lipinski definition) is 0. The van der Waals surface area contributed by atoms with Crippen LogP contribution in [-0.4, -0.2) is 66.8 Å². The number of esters is 1. The average Bonchev–Trinajstić information content (AvgIpc) is 2.29. The summed E-state index contributed by atoms with van der Waals surface area (Å²) in [6.45, 7) is 6.44. The van der Waals surface area contributed by atoms with Crippen molar-refractivity contribution < 1.29 is 19.1 Å². The van der Waals surface area contributed by atoms with Crippen molar-refractivity contribution in [1.82, 2.24) is 9.80 Å². The maximum absolute atomic E-state index is 11.6. The van der Waals surface area contributed by atoms with Gasteiger partial charge in [-0.25, -0.2) is 0 Å². The third-order valence-electron chi connectivity index (χ3n) is 2.86. The summed E-state index contributed by atoms with van der Waals surface area (Å²) >= 11 is 0. The molecule has 6 nitrogen and oxygen atoms in total. The number of amides is 1. The number of hydrogen-bond acceptors (Lipinski definition) is 5. The Bertz CT molecular complexity index is 322. The number of nitrogens with zero attached hydrogens (tertiary/aromatic N) is 2. The number of rotatable bonds is 5. The van der Waals surface area contributed by atoms with Gasteiger partial charge in [-0.3, -0.25) is 19.3 Å². The molecule has 0 aromatic heterocycles. The number of ether oxygens (including phenoxy) is 1. The van der Waals surface area contributed by atoms with E-state index in [4.69, 9.17) is 4.74 Å². The molecule has 102 valence electrons. The monoisotopic (exact) mass is 256 g/mol. The maximum atomic E-state index is 11.6. The lowest BCUT2D eigenvalue weighted by Gasteiger charge is -2.33. The van der Waals surface area contributed by atoms with Crippen LogP contribution in [0.2, 0.25) is 0 Å². The van der Waals surface area contributed by atoms with E-state index in [0.29, 0.717) is 32.8 Å². The average molecular weight is 256 g/mol. The maximum Gasteiger partial charge on any atom is 0.313 e. The van der Waals surface area contributed by atoms with Crippen molar-refractivity contribution in [3.8, 4) is 0 Å². The Morgan fingerprint density at radius 1 is 1.11 bits per heavy atom. The minimum absolute atomic E-state index is 0.0625. The molecule has 0 radical (unpaired) electrons. The van der Waals surface area contributed by atoms with E-state index in [1.54, 1.807) is 18.7 Å². The molecule has 0 unspecified atom stereocenters. The van der Waals surface area contributed by atoms with Gasteiger partial charge in [0.25, 0.3) is 0 Å². The first-order chi connectivity index (χ1) is 8.52. The van der Waals surface area contributed by atoms with Gasteiger partial charge in [-0.15, -0.1) is 0 Å². The topological polar surface area (TPSA) is 66.9 Å². The van der Waals surface area contributed by atoms with Crippen molar-refractivity contribution in [3.63, 3.8) is 0 Å². The second-order valence-electron chi connectivity index (χ2n) is 4.30. The summed E-state index contributed by atoms with van der Waals surface area (Å²) in [6, 6.07) is 0. The van der Waals surface area contributed by atoms with Gasteiger partial charge < -0.3 is 9.64 Å². The summed E-state index contributed by atoms with van der Waals surface area (Å²) in [5.74, 6) is -0.540. The zero-order valence-corrected chi connectivity index (χ0v) is 11.0. The van der Waals surface area contributed by atoms with E-state index in [1.165, 1.54) is 0 Å². The predicted octanol–water partition coefficient (Wildman–Crippen LogP) is -0.327. The Labute approximate surface area is 107 Å². The molecule has 6 heteroatoms. The Morgan fingerprint density at radius 2 is 1.72 bits per heavy atom. The van der Waals surface area contributed by atoms with Gasteiger partial charge in [0.1, 0.15) is 6.42 Å². The molecule has 0 atom stereocenters. The Morgan fingerprint density at radius 3 is 2.22 bits per heavy atom. The summed E-state index contributed by atoms with van der Waals surface area (Å²) in [7, 11) is 0. The molecule has 1 aliphatic heterocycles. The molecular weight excluding hydrogens is 236 g/mol. The molecule has 1 aliphatic rings. The fourth-order valence-electron chi connectivity index (χ4n) is 1.90. The molecule has 18 heavy (non-hydrogen) atoms. The lowest BCUT2D eigenvalue weighted by Crippen LogP contribution is -2.49. The molecule has 1 amide bonds. The molecule has 0 aliphatic carbocycles. The van der Waals surface area contributed by atoms with Crippen molar-refractivity contribution in [2.24, 2.45) is 0 Å². The van der Waals surface area contributed by atoms with E-state index in [0.717, 1.165) is 0 Å². The van der Waals surface area contributed by atoms with E-state index >= 15 is 0 Å². The molecule has 0 aromatic carbocycles. The molecule has 0 aromatic rings. The van der Waals surface area contributed by atoms with E-state index in [9.17, 15) is 14.4 Å². The zero-order chi connectivity index (χ0) is 13.5. The van der Waals surface area contributed by atoms with Crippen LogP contribution in [0, 0.1) is 0 Å². The SMILES string of the molecule is CCOC(=O)CC(=O)CN1CCN(C(C)=O)CC1. The van der Waals surface area contributed by atoms with Gasteiger partial charge >= 0.3 is 5.97 Å². The Balaban J connectivity index is 2.26. The van der Waals surface area contributed by atoms with Gasteiger partial charge in [0.15, 0.2) is 5.78 Å². The Kier molecular flexibility index (Phi) is 5.77. The smallest absolute Gasteiger partial charge is 0.313 e. The molecule has 0 spiro atoms. The number of ketones is 1. The van der Waals surface area contributed by atoms with Gasteiger partial charge in [-0.05, 0) is 6.92 Å². The third-order valence-corrected chi connectivity index (χ3v) is 2.86. The molecule has 1 fully saturated rings. The summed E-state index contributed by atoms with van der Waals surface area (Å²) in [4.78, 5) is 37.6. The van der Waals surface area contributed by atoms with Crippen molar-refractivity contribution in [2.75, 3.05) is 39.3 Å². The normalized spacial score (nSPS) is 16.4. The number of piperazine rings is 1. The van der Waals surface area contributed by atoms with Crippen LogP contribution in [0.4, 0.5) is 0 Å². The lowest BCUT2D eigenvalue weighted by molar-refractivity contribution is -0.145. The highest BCUT2D eigenvalue weighted by Gasteiger charge is 2.21. The predicted molar refractivity (Wildman–Crippen MR) is 65.0 cm³/mol. The molecule has 0 saturated carbocycles. The van der Waals surface area contributed by atoms with Gasteiger partial charge in [0, 0.05) is 33.1 Å². The minimum atomic E-state index is -0.468. The number of Topliss-reactive ketones (excluding diaryl/α,β-unsaturated/α-hetero) is 1. The number of carbonyl (C=O) groups is 3. The van der Waals surface area contributed by atoms with Crippen LogP contribution in [0.15, 0.2) is 0 Å². The van der Waals surface area contributed by atoms with Gasteiger partial charge in [-0.2, -0.15) is 0 Å². The molecule has 0 N–H and O–H groups in total. The van der Waals surface area contributed by atoms with E-state index in [1.807, 2.05) is 4.90 Å². The standard InChI is InChI=1S/C12H20N2O4/c1-3-18-12(17)8-11(16)9-13-4-6-14(7-5-13)10(2)15/h3-9H2,1-2H3. The van der Waals surface area contributed by atoms with Gasteiger partial charge in [-0.1, -0.05) is 0 Å². The van der Waals surface area contributed by atoms with Crippen LogP contribution in [-0.2, 0) is 19.1 Å². The van der Waals surface area contributed by atoms with Crippen molar-refractivity contribution in [1.29, 1.82) is 0 Å². The van der Waals surface area contributed by atoms with Crippen LogP contribution in [0.5, 0.6) is 0 Å². The fourth-order valence-corrected chi connectivity index (χ4v) is 1.90. The van der Waals surface area contributed by atoms with Crippen LogP contribution in [0.3, 0.4) is 0 Å².